The molecule has 0 aromatic rings. The van der Waals surface area contributed by atoms with Gasteiger partial charge in [0.1, 0.15) is 0 Å². The highest BCUT2D eigenvalue weighted by molar-refractivity contribution is 5.83. The highest BCUT2D eigenvalue weighted by Crippen LogP contribution is 2.22. The van der Waals surface area contributed by atoms with Gasteiger partial charge < -0.3 is 10.2 Å². The lowest BCUT2D eigenvalue weighted by Crippen LogP contribution is -2.62. The second kappa shape index (κ2) is 4.78. The van der Waals surface area contributed by atoms with Gasteiger partial charge in [-0.1, -0.05) is 20.8 Å². The molecule has 1 saturated heterocycles. The van der Waals surface area contributed by atoms with Gasteiger partial charge in [0.2, 0.25) is 5.91 Å². The van der Waals surface area contributed by atoms with Gasteiger partial charge in [-0.25, -0.2) is 0 Å². The molecule has 0 spiro atoms. The second-order valence-electron chi connectivity index (χ2n) is 5.70. The van der Waals surface area contributed by atoms with E-state index in [9.17, 15) is 22.8 Å². The van der Waals surface area contributed by atoms with Crippen LogP contribution in [0.4, 0.5) is 13.2 Å². The van der Waals surface area contributed by atoms with Crippen molar-refractivity contribution in [2.75, 3.05) is 13.1 Å². The number of halogens is 3. The summed E-state index contributed by atoms with van der Waals surface area (Å²) in [5.74, 6) is -2.05. The van der Waals surface area contributed by atoms with E-state index in [1.54, 1.807) is 0 Å². The molecule has 1 N–H and O–H groups in total. The van der Waals surface area contributed by atoms with Crippen molar-refractivity contribution in [1.82, 2.24) is 10.2 Å². The van der Waals surface area contributed by atoms with Crippen LogP contribution in [0, 0.1) is 5.41 Å². The zero-order valence-electron chi connectivity index (χ0n) is 10.6. The Labute approximate surface area is 104 Å². The summed E-state index contributed by atoms with van der Waals surface area (Å²) in [5.41, 5.74) is -0.155. The molecule has 1 aliphatic heterocycles. The summed E-state index contributed by atoms with van der Waals surface area (Å²) in [6, 6.07) is -0.594. The Hall–Kier alpha value is -1.27. The Morgan fingerprint density at radius 3 is 2.11 bits per heavy atom. The van der Waals surface area contributed by atoms with E-state index in [1.807, 2.05) is 26.1 Å². The van der Waals surface area contributed by atoms with Gasteiger partial charge in [-0.3, -0.25) is 9.59 Å². The van der Waals surface area contributed by atoms with E-state index in [1.165, 1.54) is 4.90 Å². The molecule has 18 heavy (non-hydrogen) atoms. The highest BCUT2D eigenvalue weighted by atomic mass is 19.4. The molecule has 104 valence electrons. The lowest BCUT2D eigenvalue weighted by molar-refractivity contribution is -0.175. The van der Waals surface area contributed by atoms with E-state index in [2.05, 4.69) is 0 Å². The molecule has 4 nitrogen and oxygen atoms in total. The van der Waals surface area contributed by atoms with Crippen LogP contribution in [0.1, 0.15) is 27.2 Å². The number of rotatable bonds is 2. The normalized spacial score (nSPS) is 17.3. The van der Waals surface area contributed by atoms with E-state index in [4.69, 9.17) is 0 Å². The SMILES string of the molecule is CC(C)(C)CC(=O)N1CC(NC(=O)C(F)(F)F)C1. The molecule has 0 atom stereocenters. The summed E-state index contributed by atoms with van der Waals surface area (Å²) in [5, 5.41) is 1.85. The number of nitrogens with one attached hydrogen (secondary N) is 1. The maximum Gasteiger partial charge on any atom is 0.471 e. The number of hydrogen-bond acceptors (Lipinski definition) is 2. The van der Waals surface area contributed by atoms with Crippen molar-refractivity contribution in [3.05, 3.63) is 0 Å². The van der Waals surface area contributed by atoms with Gasteiger partial charge in [0, 0.05) is 19.5 Å². The van der Waals surface area contributed by atoms with Crippen LogP contribution in [0.2, 0.25) is 0 Å². The van der Waals surface area contributed by atoms with Crippen molar-refractivity contribution < 1.29 is 22.8 Å². The van der Waals surface area contributed by atoms with Crippen molar-refractivity contribution in [3.63, 3.8) is 0 Å². The third-order valence-electron chi connectivity index (χ3n) is 2.51. The van der Waals surface area contributed by atoms with Crippen LogP contribution in [0.3, 0.4) is 0 Å². The second-order valence-corrected chi connectivity index (χ2v) is 5.70. The van der Waals surface area contributed by atoms with Crippen LogP contribution in [-0.2, 0) is 9.59 Å². The lowest BCUT2D eigenvalue weighted by Gasteiger charge is -2.40. The molecular weight excluding hydrogens is 249 g/mol. The highest BCUT2D eigenvalue weighted by Gasteiger charge is 2.42. The predicted octanol–water partition coefficient (Wildman–Crippen LogP) is 1.31. The number of likely N-dealkylation sites (tertiary alicyclic amines) is 1. The molecular formula is C11H17F3N2O2. The maximum absolute atomic E-state index is 12.0. The molecule has 1 rings (SSSR count). The first kappa shape index (κ1) is 14.8. The van der Waals surface area contributed by atoms with Crippen molar-refractivity contribution in [1.29, 1.82) is 0 Å². The summed E-state index contributed by atoms with van der Waals surface area (Å²) in [6.07, 6.45) is -4.53. The van der Waals surface area contributed by atoms with Crippen LogP contribution in [0.5, 0.6) is 0 Å². The third-order valence-corrected chi connectivity index (χ3v) is 2.51. The first-order valence-electron chi connectivity index (χ1n) is 5.64. The van der Waals surface area contributed by atoms with Gasteiger partial charge in [0.05, 0.1) is 6.04 Å². The molecule has 0 aromatic heterocycles. The Bertz CT molecular complexity index is 341. The van der Waals surface area contributed by atoms with Gasteiger partial charge in [0.25, 0.3) is 0 Å². The number of amides is 2. The monoisotopic (exact) mass is 266 g/mol. The topological polar surface area (TPSA) is 49.4 Å². The molecule has 0 radical (unpaired) electrons. The number of carbonyl (C=O) groups is 2. The van der Waals surface area contributed by atoms with Crippen molar-refractivity contribution in [2.45, 2.75) is 39.4 Å². The Balaban J connectivity index is 2.33. The number of carbonyl (C=O) groups excluding carboxylic acids is 2. The van der Waals surface area contributed by atoms with E-state index >= 15 is 0 Å². The van der Waals surface area contributed by atoms with E-state index in [0.29, 0.717) is 6.42 Å². The zero-order valence-corrected chi connectivity index (χ0v) is 10.6. The fourth-order valence-electron chi connectivity index (χ4n) is 1.61. The standard InChI is InChI=1S/C11H17F3N2O2/c1-10(2,3)4-8(17)16-5-7(6-16)15-9(18)11(12,13)14/h7H,4-6H2,1-3H3,(H,15,18). The summed E-state index contributed by atoms with van der Waals surface area (Å²) < 4.78 is 35.9. The van der Waals surface area contributed by atoms with E-state index < -0.39 is 18.1 Å². The average molecular weight is 266 g/mol. The van der Waals surface area contributed by atoms with Crippen molar-refractivity contribution in [3.8, 4) is 0 Å². The minimum Gasteiger partial charge on any atom is -0.342 e. The van der Waals surface area contributed by atoms with Crippen LogP contribution in [0.25, 0.3) is 0 Å². The summed E-state index contributed by atoms with van der Waals surface area (Å²) in [7, 11) is 0. The lowest BCUT2D eigenvalue weighted by atomic mass is 9.91. The fraction of sp³-hybridized carbons (Fsp3) is 0.818. The van der Waals surface area contributed by atoms with E-state index in [0.717, 1.165) is 0 Å². The molecule has 7 heteroatoms. The first-order valence-corrected chi connectivity index (χ1v) is 5.64. The van der Waals surface area contributed by atoms with Gasteiger partial charge in [-0.15, -0.1) is 0 Å². The average Bonchev–Trinajstić information content (AvgIpc) is 2.04. The molecule has 0 saturated carbocycles. The quantitative estimate of drug-likeness (QED) is 0.819. The smallest absolute Gasteiger partial charge is 0.342 e. The van der Waals surface area contributed by atoms with E-state index in [-0.39, 0.29) is 24.4 Å². The Kier molecular flexibility index (Phi) is 3.92. The number of hydrogen-bond donors (Lipinski definition) is 1. The first-order chi connectivity index (χ1) is 7.99. The number of nitrogens with zero attached hydrogens (tertiary/aromatic N) is 1. The van der Waals surface area contributed by atoms with Crippen LogP contribution >= 0.6 is 0 Å². The molecule has 1 fully saturated rings. The summed E-state index contributed by atoms with van der Waals surface area (Å²) in [4.78, 5) is 23.7. The largest absolute Gasteiger partial charge is 0.471 e. The Morgan fingerprint density at radius 2 is 1.72 bits per heavy atom. The van der Waals surface area contributed by atoms with Gasteiger partial charge in [-0.2, -0.15) is 13.2 Å². The molecule has 2 amide bonds. The van der Waals surface area contributed by atoms with Crippen LogP contribution < -0.4 is 5.32 Å². The summed E-state index contributed by atoms with van der Waals surface area (Å²) in [6.45, 7) is 6.03. The van der Waals surface area contributed by atoms with Crippen LogP contribution in [0.15, 0.2) is 0 Å². The predicted molar refractivity (Wildman–Crippen MR) is 58.6 cm³/mol. The van der Waals surface area contributed by atoms with Crippen LogP contribution in [-0.4, -0.2) is 42.0 Å². The fourth-order valence-corrected chi connectivity index (χ4v) is 1.61. The molecule has 1 heterocycles. The zero-order chi connectivity index (χ0) is 14.1. The number of alkyl halides is 3. The molecule has 0 unspecified atom stereocenters. The van der Waals surface area contributed by atoms with Gasteiger partial charge in [0.15, 0.2) is 0 Å². The van der Waals surface area contributed by atoms with Gasteiger partial charge in [-0.05, 0) is 5.41 Å². The molecule has 0 bridgehead atoms. The third kappa shape index (κ3) is 4.19. The minimum atomic E-state index is -4.87. The molecule has 0 aliphatic carbocycles. The molecule has 1 aliphatic rings. The minimum absolute atomic E-state index is 0.0972. The maximum atomic E-state index is 12.0. The van der Waals surface area contributed by atoms with Crippen molar-refractivity contribution >= 4 is 11.8 Å². The van der Waals surface area contributed by atoms with Gasteiger partial charge >= 0.3 is 12.1 Å². The Morgan fingerprint density at radius 1 is 1.22 bits per heavy atom. The van der Waals surface area contributed by atoms with Crippen molar-refractivity contribution in [2.24, 2.45) is 5.41 Å². The summed E-state index contributed by atoms with van der Waals surface area (Å²) >= 11 is 0. The molecule has 0 aromatic carbocycles.